The number of carbonyl (C=O) groups is 2. The van der Waals surface area contributed by atoms with Gasteiger partial charge in [0.05, 0.1) is 18.3 Å². The number of ether oxygens (including phenoxy) is 1. The minimum Gasteiger partial charge on any atom is -0.462 e. The summed E-state index contributed by atoms with van der Waals surface area (Å²) >= 11 is 0. The molecule has 1 fully saturated rings. The Morgan fingerprint density at radius 3 is 2.79 bits per heavy atom. The van der Waals surface area contributed by atoms with E-state index in [0.29, 0.717) is 24.4 Å². The zero-order valence-electron chi connectivity index (χ0n) is 14.3. The standard InChI is InChI=1S/C18H26N2O4/c1-3-24-18(23)13-7-8-17(20-12(2)21)14(9-13)11-19-15-5-4-6-16(22)10-15/h7-9,15-16,19,22H,3-6,10-11H2,1-2H3,(H,20,21)/t15-,16+/m0/s1. The molecule has 0 bridgehead atoms. The summed E-state index contributed by atoms with van der Waals surface area (Å²) in [7, 11) is 0. The van der Waals surface area contributed by atoms with Gasteiger partial charge in [-0.1, -0.05) is 0 Å². The van der Waals surface area contributed by atoms with E-state index >= 15 is 0 Å². The van der Waals surface area contributed by atoms with Gasteiger partial charge in [0, 0.05) is 25.2 Å². The number of hydrogen-bond acceptors (Lipinski definition) is 5. The Hall–Kier alpha value is -1.92. The molecule has 1 amide bonds. The van der Waals surface area contributed by atoms with Crippen molar-refractivity contribution in [2.45, 2.75) is 58.2 Å². The van der Waals surface area contributed by atoms with E-state index in [0.717, 1.165) is 31.2 Å². The number of aliphatic hydroxyl groups is 1. The summed E-state index contributed by atoms with van der Waals surface area (Å²) in [4.78, 5) is 23.3. The maximum atomic E-state index is 11.9. The van der Waals surface area contributed by atoms with Gasteiger partial charge in [-0.25, -0.2) is 4.79 Å². The molecular weight excluding hydrogens is 308 g/mol. The second-order valence-corrected chi connectivity index (χ2v) is 6.17. The van der Waals surface area contributed by atoms with Gasteiger partial charge in [0.1, 0.15) is 0 Å². The molecule has 0 spiro atoms. The molecule has 6 nitrogen and oxygen atoms in total. The summed E-state index contributed by atoms with van der Waals surface area (Å²) in [5, 5.41) is 16.0. The first-order valence-electron chi connectivity index (χ1n) is 8.48. The second-order valence-electron chi connectivity index (χ2n) is 6.17. The van der Waals surface area contributed by atoms with Gasteiger partial charge in [0.15, 0.2) is 0 Å². The van der Waals surface area contributed by atoms with Gasteiger partial charge in [-0.2, -0.15) is 0 Å². The average molecular weight is 334 g/mol. The Labute approximate surface area is 142 Å². The molecular formula is C18H26N2O4. The first-order valence-corrected chi connectivity index (χ1v) is 8.48. The van der Waals surface area contributed by atoms with Crippen LogP contribution in [0, 0.1) is 0 Å². The van der Waals surface area contributed by atoms with Gasteiger partial charge in [-0.3, -0.25) is 4.79 Å². The van der Waals surface area contributed by atoms with Gasteiger partial charge in [-0.15, -0.1) is 0 Å². The molecule has 132 valence electrons. The lowest BCUT2D eigenvalue weighted by Crippen LogP contribution is -2.35. The van der Waals surface area contributed by atoms with E-state index in [1.54, 1.807) is 25.1 Å². The van der Waals surface area contributed by atoms with Crippen LogP contribution in [0.3, 0.4) is 0 Å². The summed E-state index contributed by atoms with van der Waals surface area (Å²) in [6.07, 6.45) is 3.35. The maximum Gasteiger partial charge on any atom is 0.338 e. The van der Waals surface area contributed by atoms with Crippen LogP contribution < -0.4 is 10.6 Å². The van der Waals surface area contributed by atoms with Crippen molar-refractivity contribution in [2.75, 3.05) is 11.9 Å². The summed E-state index contributed by atoms with van der Waals surface area (Å²) in [5.41, 5.74) is 1.97. The van der Waals surface area contributed by atoms with Crippen molar-refractivity contribution in [1.82, 2.24) is 5.32 Å². The van der Waals surface area contributed by atoms with Crippen LogP contribution in [0.25, 0.3) is 0 Å². The van der Waals surface area contributed by atoms with Crippen molar-refractivity contribution in [3.05, 3.63) is 29.3 Å². The van der Waals surface area contributed by atoms with E-state index in [1.807, 2.05) is 0 Å². The molecule has 0 heterocycles. The summed E-state index contributed by atoms with van der Waals surface area (Å²) < 4.78 is 5.03. The largest absolute Gasteiger partial charge is 0.462 e. The third kappa shape index (κ3) is 5.32. The number of anilines is 1. The normalized spacial score (nSPS) is 20.5. The summed E-state index contributed by atoms with van der Waals surface area (Å²) in [6.45, 7) is 4.05. The SMILES string of the molecule is CCOC(=O)c1ccc(NC(C)=O)c(CN[C@H]2CCC[C@@H](O)C2)c1. The average Bonchev–Trinajstić information content (AvgIpc) is 2.53. The van der Waals surface area contributed by atoms with E-state index in [-0.39, 0.29) is 24.0 Å². The quantitative estimate of drug-likeness (QED) is 0.694. The van der Waals surface area contributed by atoms with Crippen LogP contribution in [0.4, 0.5) is 5.69 Å². The number of amides is 1. The maximum absolute atomic E-state index is 11.9. The molecule has 0 aromatic heterocycles. The van der Waals surface area contributed by atoms with Crippen molar-refractivity contribution < 1.29 is 19.4 Å². The molecule has 6 heteroatoms. The van der Waals surface area contributed by atoms with Crippen LogP contribution in [-0.4, -0.2) is 35.7 Å². The molecule has 1 saturated carbocycles. The van der Waals surface area contributed by atoms with E-state index in [1.165, 1.54) is 6.92 Å². The minimum absolute atomic E-state index is 0.159. The van der Waals surface area contributed by atoms with Crippen molar-refractivity contribution in [2.24, 2.45) is 0 Å². The van der Waals surface area contributed by atoms with Gasteiger partial charge in [0.2, 0.25) is 5.91 Å². The Bertz CT molecular complexity index is 588. The molecule has 3 N–H and O–H groups in total. The number of esters is 1. The highest BCUT2D eigenvalue weighted by Gasteiger charge is 2.20. The van der Waals surface area contributed by atoms with E-state index in [9.17, 15) is 14.7 Å². The molecule has 24 heavy (non-hydrogen) atoms. The Kier molecular flexibility index (Phi) is 6.75. The fourth-order valence-electron chi connectivity index (χ4n) is 3.00. The number of nitrogens with one attached hydrogen (secondary N) is 2. The third-order valence-corrected chi connectivity index (χ3v) is 4.15. The highest BCUT2D eigenvalue weighted by molar-refractivity contribution is 5.93. The van der Waals surface area contributed by atoms with Crippen molar-refractivity contribution in [3.63, 3.8) is 0 Å². The van der Waals surface area contributed by atoms with Crippen LogP contribution in [0.1, 0.15) is 55.5 Å². The van der Waals surface area contributed by atoms with Crippen molar-refractivity contribution in [3.8, 4) is 0 Å². The number of benzene rings is 1. The third-order valence-electron chi connectivity index (χ3n) is 4.15. The lowest BCUT2D eigenvalue weighted by atomic mass is 9.93. The second kappa shape index (κ2) is 8.80. The molecule has 0 radical (unpaired) electrons. The van der Waals surface area contributed by atoms with Crippen LogP contribution in [0.5, 0.6) is 0 Å². The minimum atomic E-state index is -0.374. The summed E-state index contributed by atoms with van der Waals surface area (Å²) in [5.74, 6) is -0.533. The van der Waals surface area contributed by atoms with Crippen LogP contribution in [-0.2, 0) is 16.1 Å². The van der Waals surface area contributed by atoms with Gasteiger partial charge >= 0.3 is 5.97 Å². The molecule has 0 unspecified atom stereocenters. The van der Waals surface area contributed by atoms with Gasteiger partial charge < -0.3 is 20.5 Å². The molecule has 1 aliphatic carbocycles. The topological polar surface area (TPSA) is 87.7 Å². The monoisotopic (exact) mass is 334 g/mol. The fourth-order valence-corrected chi connectivity index (χ4v) is 3.00. The zero-order valence-corrected chi connectivity index (χ0v) is 14.3. The molecule has 1 aromatic carbocycles. The van der Waals surface area contributed by atoms with E-state index in [2.05, 4.69) is 10.6 Å². The molecule has 1 aliphatic rings. The number of hydrogen-bond donors (Lipinski definition) is 3. The summed E-state index contributed by atoms with van der Waals surface area (Å²) in [6, 6.07) is 5.36. The van der Waals surface area contributed by atoms with E-state index in [4.69, 9.17) is 4.74 Å². The molecule has 2 atom stereocenters. The molecule has 1 aromatic rings. The van der Waals surface area contributed by atoms with Crippen LogP contribution in [0.15, 0.2) is 18.2 Å². The number of carbonyl (C=O) groups excluding carboxylic acids is 2. The Balaban J connectivity index is 2.12. The van der Waals surface area contributed by atoms with Gasteiger partial charge in [-0.05, 0) is 56.4 Å². The molecule has 0 aliphatic heterocycles. The van der Waals surface area contributed by atoms with Crippen LogP contribution >= 0.6 is 0 Å². The van der Waals surface area contributed by atoms with Crippen LogP contribution in [0.2, 0.25) is 0 Å². The van der Waals surface area contributed by atoms with Gasteiger partial charge in [0.25, 0.3) is 0 Å². The lowest BCUT2D eigenvalue weighted by molar-refractivity contribution is -0.114. The first kappa shape index (κ1) is 18.4. The smallest absolute Gasteiger partial charge is 0.338 e. The number of aliphatic hydroxyl groups excluding tert-OH is 1. The Morgan fingerprint density at radius 2 is 2.12 bits per heavy atom. The predicted molar refractivity (Wildman–Crippen MR) is 91.8 cm³/mol. The highest BCUT2D eigenvalue weighted by atomic mass is 16.5. The molecule has 2 rings (SSSR count). The highest BCUT2D eigenvalue weighted by Crippen LogP contribution is 2.22. The fraction of sp³-hybridized carbons (Fsp3) is 0.556. The van der Waals surface area contributed by atoms with Crippen molar-refractivity contribution in [1.29, 1.82) is 0 Å². The Morgan fingerprint density at radius 1 is 1.33 bits per heavy atom. The lowest BCUT2D eigenvalue weighted by Gasteiger charge is -2.27. The predicted octanol–water partition coefficient (Wildman–Crippen LogP) is 2.21. The number of rotatable bonds is 6. The zero-order chi connectivity index (χ0) is 17.5. The molecule has 0 saturated heterocycles. The van der Waals surface area contributed by atoms with E-state index < -0.39 is 0 Å². The first-order chi connectivity index (χ1) is 11.5. The van der Waals surface area contributed by atoms with Crippen molar-refractivity contribution >= 4 is 17.6 Å².